The molecular weight excluding hydrogens is 202 g/mol. The average Bonchev–Trinajstić information content (AvgIpc) is 2.76. The van der Waals surface area contributed by atoms with E-state index in [1.165, 1.54) is 5.56 Å². The summed E-state index contributed by atoms with van der Waals surface area (Å²) in [4.78, 5) is 10.8. The SMILES string of the molecule is Cc1ccc2oc3cc(C=O)n(C)c3c2c1. The molecule has 3 heteroatoms. The zero-order valence-electron chi connectivity index (χ0n) is 9.15. The second kappa shape index (κ2) is 2.98. The van der Waals surface area contributed by atoms with Gasteiger partial charge in [0.25, 0.3) is 0 Å². The maximum atomic E-state index is 10.8. The molecule has 0 aliphatic rings. The first-order valence-electron chi connectivity index (χ1n) is 5.14. The Hall–Kier alpha value is -2.03. The van der Waals surface area contributed by atoms with Gasteiger partial charge in [0, 0.05) is 18.5 Å². The Balaban J connectivity index is 2.53. The zero-order valence-corrected chi connectivity index (χ0v) is 9.15. The molecule has 0 spiro atoms. The predicted molar refractivity (Wildman–Crippen MR) is 62.8 cm³/mol. The van der Waals surface area contributed by atoms with Crippen LogP contribution in [-0.2, 0) is 7.05 Å². The normalized spacial score (nSPS) is 11.4. The number of nitrogens with zero attached hydrogens (tertiary/aromatic N) is 1. The average molecular weight is 213 g/mol. The molecule has 3 nitrogen and oxygen atoms in total. The molecule has 16 heavy (non-hydrogen) atoms. The van der Waals surface area contributed by atoms with Gasteiger partial charge < -0.3 is 8.98 Å². The van der Waals surface area contributed by atoms with Gasteiger partial charge >= 0.3 is 0 Å². The molecule has 0 radical (unpaired) electrons. The van der Waals surface area contributed by atoms with Crippen molar-refractivity contribution in [2.75, 3.05) is 0 Å². The van der Waals surface area contributed by atoms with Crippen molar-refractivity contribution in [3.8, 4) is 0 Å². The Bertz CT molecular complexity index is 703. The van der Waals surface area contributed by atoms with Gasteiger partial charge in [-0.1, -0.05) is 11.6 Å². The van der Waals surface area contributed by atoms with E-state index < -0.39 is 0 Å². The maximum absolute atomic E-state index is 10.8. The van der Waals surface area contributed by atoms with Crippen LogP contribution in [0.2, 0.25) is 0 Å². The lowest BCUT2D eigenvalue weighted by Crippen LogP contribution is -1.93. The number of aryl methyl sites for hydroxylation is 2. The Labute approximate surface area is 92.3 Å². The van der Waals surface area contributed by atoms with Gasteiger partial charge in [0.05, 0.1) is 11.2 Å². The van der Waals surface area contributed by atoms with Crippen molar-refractivity contribution >= 4 is 28.4 Å². The molecular formula is C13H11NO2. The third-order valence-electron chi connectivity index (χ3n) is 2.97. The summed E-state index contributed by atoms with van der Waals surface area (Å²) < 4.78 is 7.56. The standard InChI is InChI=1S/C13H11NO2/c1-8-3-4-11-10(5-8)13-12(16-11)6-9(7-15)14(13)2/h3-7H,1-2H3. The Morgan fingerprint density at radius 2 is 2.06 bits per heavy atom. The first-order chi connectivity index (χ1) is 7.70. The van der Waals surface area contributed by atoms with Crippen LogP contribution in [0.25, 0.3) is 22.1 Å². The molecule has 1 aromatic carbocycles. The van der Waals surface area contributed by atoms with Crippen molar-refractivity contribution in [3.63, 3.8) is 0 Å². The number of aromatic nitrogens is 1. The molecule has 2 aromatic heterocycles. The molecule has 3 rings (SSSR count). The molecule has 0 bridgehead atoms. The van der Waals surface area contributed by atoms with Crippen molar-refractivity contribution in [1.29, 1.82) is 0 Å². The minimum Gasteiger partial charge on any atom is -0.454 e. The van der Waals surface area contributed by atoms with Crippen LogP contribution in [0.15, 0.2) is 28.7 Å². The number of furan rings is 1. The molecule has 0 unspecified atom stereocenters. The van der Waals surface area contributed by atoms with Gasteiger partial charge in [0.1, 0.15) is 5.58 Å². The first-order valence-corrected chi connectivity index (χ1v) is 5.14. The molecule has 0 saturated heterocycles. The number of fused-ring (bicyclic) bond motifs is 3. The van der Waals surface area contributed by atoms with Gasteiger partial charge in [-0.05, 0) is 19.1 Å². The number of hydrogen-bond acceptors (Lipinski definition) is 2. The van der Waals surface area contributed by atoms with E-state index in [9.17, 15) is 4.79 Å². The van der Waals surface area contributed by atoms with Gasteiger partial charge in [-0.15, -0.1) is 0 Å². The molecule has 2 heterocycles. The number of hydrogen-bond donors (Lipinski definition) is 0. The number of benzene rings is 1. The van der Waals surface area contributed by atoms with E-state index in [0.717, 1.165) is 28.4 Å². The number of rotatable bonds is 1. The fourth-order valence-electron chi connectivity index (χ4n) is 2.13. The molecule has 0 aliphatic carbocycles. The summed E-state index contributed by atoms with van der Waals surface area (Å²) in [5.41, 5.74) is 4.44. The second-order valence-electron chi connectivity index (χ2n) is 4.06. The van der Waals surface area contributed by atoms with Crippen molar-refractivity contribution < 1.29 is 9.21 Å². The van der Waals surface area contributed by atoms with E-state index >= 15 is 0 Å². The van der Waals surface area contributed by atoms with Gasteiger partial charge in [-0.3, -0.25) is 4.79 Å². The Kier molecular flexibility index (Phi) is 1.72. The van der Waals surface area contributed by atoms with E-state index in [1.54, 1.807) is 6.07 Å². The van der Waals surface area contributed by atoms with E-state index in [1.807, 2.05) is 30.7 Å². The van der Waals surface area contributed by atoms with Gasteiger partial charge in [0.2, 0.25) is 0 Å². The highest BCUT2D eigenvalue weighted by Gasteiger charge is 2.13. The summed E-state index contributed by atoms with van der Waals surface area (Å²) >= 11 is 0. The lowest BCUT2D eigenvalue weighted by molar-refractivity contribution is 0.111. The summed E-state index contributed by atoms with van der Waals surface area (Å²) in [6, 6.07) is 7.84. The quantitative estimate of drug-likeness (QED) is 0.582. The molecule has 0 fully saturated rings. The van der Waals surface area contributed by atoms with Crippen LogP contribution >= 0.6 is 0 Å². The van der Waals surface area contributed by atoms with E-state index in [2.05, 4.69) is 6.07 Å². The number of aldehydes is 1. The maximum Gasteiger partial charge on any atom is 0.166 e. The zero-order chi connectivity index (χ0) is 11.3. The summed E-state index contributed by atoms with van der Waals surface area (Å²) in [7, 11) is 1.88. The summed E-state index contributed by atoms with van der Waals surface area (Å²) in [6.07, 6.45) is 0.844. The van der Waals surface area contributed by atoms with Crippen molar-refractivity contribution in [3.05, 3.63) is 35.5 Å². The van der Waals surface area contributed by atoms with Crippen molar-refractivity contribution in [1.82, 2.24) is 4.57 Å². The molecule has 0 aliphatic heterocycles. The highest BCUT2D eigenvalue weighted by Crippen LogP contribution is 2.30. The van der Waals surface area contributed by atoms with E-state index in [4.69, 9.17) is 4.42 Å². The summed E-state index contributed by atoms with van der Waals surface area (Å²) in [5.74, 6) is 0. The lowest BCUT2D eigenvalue weighted by Gasteiger charge is -1.97. The first kappa shape index (κ1) is 9.21. The smallest absolute Gasteiger partial charge is 0.166 e. The van der Waals surface area contributed by atoms with Gasteiger partial charge in [-0.25, -0.2) is 0 Å². The van der Waals surface area contributed by atoms with Crippen LogP contribution in [0.4, 0.5) is 0 Å². The van der Waals surface area contributed by atoms with E-state index in [0.29, 0.717) is 5.69 Å². The fraction of sp³-hybridized carbons (Fsp3) is 0.154. The van der Waals surface area contributed by atoms with Crippen molar-refractivity contribution in [2.24, 2.45) is 7.05 Å². The fourth-order valence-corrected chi connectivity index (χ4v) is 2.13. The molecule has 0 saturated carbocycles. The minimum atomic E-state index is 0.636. The predicted octanol–water partition coefficient (Wildman–Crippen LogP) is 3.05. The third kappa shape index (κ3) is 1.05. The Morgan fingerprint density at radius 3 is 2.81 bits per heavy atom. The summed E-state index contributed by atoms with van der Waals surface area (Å²) in [6.45, 7) is 2.04. The van der Waals surface area contributed by atoms with Crippen molar-refractivity contribution in [2.45, 2.75) is 6.92 Å². The van der Waals surface area contributed by atoms with E-state index in [-0.39, 0.29) is 0 Å². The summed E-state index contributed by atoms with van der Waals surface area (Å²) in [5, 5.41) is 1.06. The topological polar surface area (TPSA) is 35.1 Å². The van der Waals surface area contributed by atoms with Crippen LogP contribution in [0.3, 0.4) is 0 Å². The molecule has 0 atom stereocenters. The van der Waals surface area contributed by atoms with Crippen LogP contribution in [-0.4, -0.2) is 10.9 Å². The highest BCUT2D eigenvalue weighted by molar-refractivity contribution is 6.05. The number of carbonyl (C=O) groups excluding carboxylic acids is 1. The highest BCUT2D eigenvalue weighted by atomic mass is 16.3. The molecule has 0 amide bonds. The van der Waals surface area contributed by atoms with Gasteiger partial charge in [0.15, 0.2) is 11.9 Å². The third-order valence-corrected chi connectivity index (χ3v) is 2.97. The molecule has 0 N–H and O–H groups in total. The van der Waals surface area contributed by atoms with Crippen LogP contribution in [0, 0.1) is 6.92 Å². The van der Waals surface area contributed by atoms with Crippen LogP contribution < -0.4 is 0 Å². The Morgan fingerprint density at radius 1 is 1.25 bits per heavy atom. The monoisotopic (exact) mass is 213 g/mol. The van der Waals surface area contributed by atoms with Crippen LogP contribution in [0.5, 0.6) is 0 Å². The van der Waals surface area contributed by atoms with Gasteiger partial charge in [-0.2, -0.15) is 0 Å². The second-order valence-corrected chi connectivity index (χ2v) is 4.06. The molecule has 80 valence electrons. The minimum absolute atomic E-state index is 0.636. The largest absolute Gasteiger partial charge is 0.454 e. The van der Waals surface area contributed by atoms with Crippen LogP contribution in [0.1, 0.15) is 16.1 Å². The lowest BCUT2D eigenvalue weighted by atomic mass is 10.2. The molecule has 3 aromatic rings. The number of carbonyl (C=O) groups is 1.